The van der Waals surface area contributed by atoms with E-state index >= 15 is 0 Å². The van der Waals surface area contributed by atoms with Crippen molar-refractivity contribution in [3.8, 4) is 16.3 Å². The van der Waals surface area contributed by atoms with E-state index < -0.39 is 0 Å². The zero-order valence-corrected chi connectivity index (χ0v) is 15.4. The van der Waals surface area contributed by atoms with E-state index in [1.165, 1.54) is 16.9 Å². The number of carbonyl (C=O) groups is 1. The molecule has 0 bridgehead atoms. The molecule has 0 aliphatic heterocycles. The van der Waals surface area contributed by atoms with Crippen molar-refractivity contribution in [2.45, 2.75) is 32.4 Å². The number of aryl methyl sites for hydroxylation is 1. The minimum absolute atomic E-state index is 0.0758. The Labute approximate surface area is 156 Å². The molecule has 4 rings (SSSR count). The third-order valence-corrected chi connectivity index (χ3v) is 5.13. The number of hydrogen-bond acceptors (Lipinski definition) is 4. The van der Waals surface area contributed by atoms with Crippen molar-refractivity contribution in [1.29, 1.82) is 0 Å². The fourth-order valence-corrected chi connectivity index (χ4v) is 3.47. The van der Waals surface area contributed by atoms with E-state index in [1.807, 2.05) is 35.7 Å². The highest BCUT2D eigenvalue weighted by atomic mass is 32.1. The maximum atomic E-state index is 12.1. The number of benzene rings is 2. The molecule has 0 unspecified atom stereocenters. The number of thiazole rings is 1. The van der Waals surface area contributed by atoms with Gasteiger partial charge in [0, 0.05) is 17.0 Å². The smallest absolute Gasteiger partial charge is 0.270 e. The van der Waals surface area contributed by atoms with E-state index in [0.717, 1.165) is 34.7 Å². The number of amides is 1. The van der Waals surface area contributed by atoms with E-state index in [4.69, 9.17) is 4.74 Å². The summed E-state index contributed by atoms with van der Waals surface area (Å²) in [4.78, 5) is 16.5. The second kappa shape index (κ2) is 7.30. The number of hydrogen-bond donors (Lipinski definition) is 1. The van der Waals surface area contributed by atoms with Gasteiger partial charge < -0.3 is 10.1 Å². The van der Waals surface area contributed by atoms with Crippen LogP contribution in [0.1, 0.15) is 34.5 Å². The lowest BCUT2D eigenvalue weighted by molar-refractivity contribution is 0.0947. The average molecular weight is 364 g/mol. The second-order valence-corrected chi connectivity index (χ2v) is 7.45. The lowest BCUT2D eigenvalue weighted by Gasteiger charge is -2.07. The van der Waals surface area contributed by atoms with Crippen LogP contribution in [0.2, 0.25) is 0 Å². The summed E-state index contributed by atoms with van der Waals surface area (Å²) < 4.78 is 5.85. The maximum Gasteiger partial charge on any atom is 0.270 e. The Kier molecular flexibility index (Phi) is 4.71. The highest BCUT2D eigenvalue weighted by molar-refractivity contribution is 7.13. The van der Waals surface area contributed by atoms with Gasteiger partial charge in [-0.25, -0.2) is 4.98 Å². The molecule has 2 aromatic carbocycles. The SMILES string of the molecule is Cc1cccc(COc2ccc(-c3nc(C(=O)NC4CC4)cs3)cc2)c1. The summed E-state index contributed by atoms with van der Waals surface area (Å²) in [7, 11) is 0. The number of nitrogens with one attached hydrogen (secondary N) is 1. The molecule has 3 aromatic rings. The van der Waals surface area contributed by atoms with E-state index in [2.05, 4.69) is 35.4 Å². The average Bonchev–Trinajstić information content (AvgIpc) is 3.32. The Bertz CT molecular complexity index is 914. The molecule has 0 radical (unpaired) electrons. The Balaban J connectivity index is 1.39. The van der Waals surface area contributed by atoms with Crippen molar-refractivity contribution in [1.82, 2.24) is 10.3 Å². The Morgan fingerprint density at radius 1 is 1.23 bits per heavy atom. The third-order valence-electron chi connectivity index (χ3n) is 4.24. The summed E-state index contributed by atoms with van der Waals surface area (Å²) >= 11 is 1.48. The molecule has 1 N–H and O–H groups in total. The molecule has 1 aromatic heterocycles. The molecule has 1 fully saturated rings. The molecule has 1 aliphatic rings. The van der Waals surface area contributed by atoms with Crippen molar-refractivity contribution < 1.29 is 9.53 Å². The van der Waals surface area contributed by atoms with Gasteiger partial charge in [-0.2, -0.15) is 0 Å². The summed E-state index contributed by atoms with van der Waals surface area (Å²) in [6, 6.07) is 16.5. The third kappa shape index (κ3) is 4.11. The van der Waals surface area contributed by atoms with Gasteiger partial charge in [0.25, 0.3) is 5.91 Å². The second-order valence-electron chi connectivity index (χ2n) is 6.59. The Morgan fingerprint density at radius 2 is 2.04 bits per heavy atom. The molecule has 0 atom stereocenters. The monoisotopic (exact) mass is 364 g/mol. The fourth-order valence-electron chi connectivity index (χ4n) is 2.66. The van der Waals surface area contributed by atoms with Gasteiger partial charge in [-0.05, 0) is 49.6 Å². The molecular weight excluding hydrogens is 344 g/mol. The predicted octanol–water partition coefficient (Wildman–Crippen LogP) is 4.59. The zero-order valence-electron chi connectivity index (χ0n) is 14.6. The topological polar surface area (TPSA) is 51.2 Å². The van der Waals surface area contributed by atoms with Crippen molar-refractivity contribution >= 4 is 17.2 Å². The van der Waals surface area contributed by atoms with Gasteiger partial charge in [0.1, 0.15) is 23.1 Å². The van der Waals surface area contributed by atoms with Gasteiger partial charge >= 0.3 is 0 Å². The van der Waals surface area contributed by atoms with Crippen molar-refractivity contribution in [3.63, 3.8) is 0 Å². The first kappa shape index (κ1) is 16.8. The highest BCUT2D eigenvalue weighted by Gasteiger charge is 2.24. The number of aromatic nitrogens is 1. The Hall–Kier alpha value is -2.66. The molecular formula is C21H20N2O2S. The Morgan fingerprint density at radius 3 is 2.77 bits per heavy atom. The molecule has 1 heterocycles. The normalized spacial score (nSPS) is 13.4. The molecule has 26 heavy (non-hydrogen) atoms. The van der Waals surface area contributed by atoms with Gasteiger partial charge in [0.15, 0.2) is 0 Å². The van der Waals surface area contributed by atoms with Crippen LogP contribution in [0.4, 0.5) is 0 Å². The quantitative estimate of drug-likeness (QED) is 0.696. The van der Waals surface area contributed by atoms with E-state index in [-0.39, 0.29) is 5.91 Å². The van der Waals surface area contributed by atoms with Gasteiger partial charge in [-0.15, -0.1) is 11.3 Å². The molecule has 132 valence electrons. The predicted molar refractivity (Wildman–Crippen MR) is 104 cm³/mol. The number of rotatable bonds is 6. The van der Waals surface area contributed by atoms with Gasteiger partial charge in [-0.3, -0.25) is 4.79 Å². The molecule has 1 saturated carbocycles. The van der Waals surface area contributed by atoms with Crippen LogP contribution in [0.15, 0.2) is 53.9 Å². The van der Waals surface area contributed by atoms with Crippen LogP contribution in [0.3, 0.4) is 0 Å². The lowest BCUT2D eigenvalue weighted by Crippen LogP contribution is -2.25. The van der Waals surface area contributed by atoms with Crippen LogP contribution < -0.4 is 10.1 Å². The van der Waals surface area contributed by atoms with Crippen molar-refractivity contribution in [2.75, 3.05) is 0 Å². The van der Waals surface area contributed by atoms with Gasteiger partial charge in [0.2, 0.25) is 0 Å². The number of carbonyl (C=O) groups excluding carboxylic acids is 1. The number of nitrogens with zero attached hydrogens (tertiary/aromatic N) is 1. The van der Waals surface area contributed by atoms with Crippen LogP contribution in [0.25, 0.3) is 10.6 Å². The molecule has 0 saturated heterocycles. The lowest BCUT2D eigenvalue weighted by atomic mass is 10.1. The summed E-state index contributed by atoms with van der Waals surface area (Å²) in [5, 5.41) is 5.62. The van der Waals surface area contributed by atoms with Crippen LogP contribution in [0.5, 0.6) is 5.75 Å². The molecule has 1 aliphatic carbocycles. The largest absolute Gasteiger partial charge is 0.489 e. The summed E-state index contributed by atoms with van der Waals surface area (Å²) in [6.07, 6.45) is 2.15. The fraction of sp³-hybridized carbons (Fsp3) is 0.238. The summed E-state index contributed by atoms with van der Waals surface area (Å²) in [5.74, 6) is 0.742. The van der Waals surface area contributed by atoms with Crippen LogP contribution >= 0.6 is 11.3 Å². The first-order valence-corrected chi connectivity index (χ1v) is 9.60. The van der Waals surface area contributed by atoms with E-state index in [1.54, 1.807) is 0 Å². The molecule has 1 amide bonds. The van der Waals surface area contributed by atoms with Crippen LogP contribution in [-0.2, 0) is 6.61 Å². The van der Waals surface area contributed by atoms with Gasteiger partial charge in [0.05, 0.1) is 0 Å². The zero-order chi connectivity index (χ0) is 17.9. The highest BCUT2D eigenvalue weighted by Crippen LogP contribution is 2.27. The maximum absolute atomic E-state index is 12.1. The molecule has 5 heteroatoms. The van der Waals surface area contributed by atoms with Crippen molar-refractivity contribution in [2.24, 2.45) is 0 Å². The standard InChI is InChI=1S/C21H20N2O2S/c1-14-3-2-4-15(11-14)12-25-18-9-5-16(6-10-18)21-23-19(13-26-21)20(24)22-17-7-8-17/h2-6,9-11,13,17H,7-8,12H2,1H3,(H,22,24). The van der Waals surface area contributed by atoms with Crippen LogP contribution in [0, 0.1) is 6.92 Å². The van der Waals surface area contributed by atoms with Crippen LogP contribution in [-0.4, -0.2) is 16.9 Å². The first-order valence-electron chi connectivity index (χ1n) is 8.72. The summed E-state index contributed by atoms with van der Waals surface area (Å²) in [6.45, 7) is 2.62. The van der Waals surface area contributed by atoms with Crippen molar-refractivity contribution in [3.05, 3.63) is 70.7 Å². The minimum Gasteiger partial charge on any atom is -0.489 e. The first-order chi connectivity index (χ1) is 12.7. The van der Waals surface area contributed by atoms with E-state index in [0.29, 0.717) is 18.3 Å². The van der Waals surface area contributed by atoms with Gasteiger partial charge in [-0.1, -0.05) is 29.8 Å². The van der Waals surface area contributed by atoms with E-state index in [9.17, 15) is 4.79 Å². The molecule has 0 spiro atoms. The molecule has 4 nitrogen and oxygen atoms in total. The number of ether oxygens (including phenoxy) is 1. The summed E-state index contributed by atoms with van der Waals surface area (Å²) in [5.41, 5.74) is 3.87. The minimum atomic E-state index is -0.0758.